The number of phosphoric ester groups is 1. The summed E-state index contributed by atoms with van der Waals surface area (Å²) >= 11 is 0. The molecule has 0 aromatic heterocycles. The first kappa shape index (κ1) is 88.5. The van der Waals surface area contributed by atoms with Gasteiger partial charge in [-0.2, -0.15) is 0 Å². The molecule has 0 aromatic carbocycles. The molecule has 0 aromatic rings. The van der Waals surface area contributed by atoms with Crippen LogP contribution in [-0.2, 0) is 18.4 Å². The largest absolute Gasteiger partial charge is 0.756 e. The lowest BCUT2D eigenvalue weighted by Gasteiger charge is -2.29. The second-order valence-corrected chi connectivity index (χ2v) is 30.2. The van der Waals surface area contributed by atoms with E-state index >= 15 is 0 Å². The third-order valence-corrected chi connectivity index (χ3v) is 19.5. The molecule has 0 aliphatic carbocycles. The summed E-state index contributed by atoms with van der Waals surface area (Å²) in [5.41, 5.74) is 0. The number of phosphoric acid groups is 1. The van der Waals surface area contributed by atoms with Gasteiger partial charge in [0.2, 0.25) is 5.91 Å². The molecule has 3 atom stereocenters. The topological polar surface area (TPSA) is 108 Å². The minimum atomic E-state index is -4.61. The highest BCUT2D eigenvalue weighted by molar-refractivity contribution is 7.45. The zero-order valence-corrected chi connectivity index (χ0v) is 62.0. The van der Waals surface area contributed by atoms with Crippen LogP contribution in [0.25, 0.3) is 0 Å². The van der Waals surface area contributed by atoms with E-state index in [1.165, 1.54) is 347 Å². The molecule has 0 aliphatic rings. The number of aliphatic hydroxyl groups is 1. The molecule has 3 unspecified atom stereocenters. The van der Waals surface area contributed by atoms with Gasteiger partial charge in [0.15, 0.2) is 0 Å². The molecule has 0 aliphatic heterocycles. The van der Waals surface area contributed by atoms with Crippen LogP contribution >= 0.6 is 7.82 Å². The van der Waals surface area contributed by atoms with Gasteiger partial charge in [0.1, 0.15) is 13.2 Å². The van der Waals surface area contributed by atoms with Crippen molar-refractivity contribution < 1.29 is 32.9 Å². The van der Waals surface area contributed by atoms with Gasteiger partial charge in [0.25, 0.3) is 7.82 Å². The third-order valence-electron chi connectivity index (χ3n) is 18.5. The summed E-state index contributed by atoms with van der Waals surface area (Å²) < 4.78 is 23.5. The number of likely N-dealkylation sites (N-methyl/N-ethyl adjacent to an activating group) is 1. The quantitative estimate of drug-likeness (QED) is 0.0272. The third kappa shape index (κ3) is 73.9. The molecular formula is C81H157N2O6P. The van der Waals surface area contributed by atoms with Crippen molar-refractivity contribution >= 4 is 13.7 Å². The molecule has 90 heavy (non-hydrogen) atoms. The van der Waals surface area contributed by atoms with Crippen LogP contribution in [-0.4, -0.2) is 68.5 Å². The van der Waals surface area contributed by atoms with Gasteiger partial charge in [-0.15, -0.1) is 0 Å². The van der Waals surface area contributed by atoms with Gasteiger partial charge in [-0.3, -0.25) is 9.36 Å². The second kappa shape index (κ2) is 71.7. The van der Waals surface area contributed by atoms with E-state index in [9.17, 15) is 19.4 Å². The summed E-state index contributed by atoms with van der Waals surface area (Å²) in [6, 6.07) is -0.904. The lowest BCUT2D eigenvalue weighted by atomic mass is 10.0. The van der Waals surface area contributed by atoms with Crippen LogP contribution in [0.4, 0.5) is 0 Å². The van der Waals surface area contributed by atoms with Crippen LogP contribution in [0.5, 0.6) is 0 Å². The molecule has 532 valence electrons. The van der Waals surface area contributed by atoms with Crippen molar-refractivity contribution in [3.63, 3.8) is 0 Å². The molecule has 0 saturated heterocycles. The van der Waals surface area contributed by atoms with E-state index in [0.717, 1.165) is 44.9 Å². The van der Waals surface area contributed by atoms with Crippen molar-refractivity contribution in [1.29, 1.82) is 0 Å². The highest BCUT2D eigenvalue weighted by Crippen LogP contribution is 2.38. The van der Waals surface area contributed by atoms with Crippen molar-refractivity contribution in [2.24, 2.45) is 0 Å². The molecule has 0 saturated carbocycles. The molecular weight excluding hydrogens is 1130 g/mol. The number of nitrogens with zero attached hydrogens (tertiary/aromatic N) is 1. The number of allylic oxidation sites excluding steroid dienone is 7. The predicted molar refractivity (Wildman–Crippen MR) is 395 cm³/mol. The molecule has 0 heterocycles. The Morgan fingerprint density at radius 3 is 0.967 bits per heavy atom. The predicted octanol–water partition coefficient (Wildman–Crippen LogP) is 25.5. The summed E-state index contributed by atoms with van der Waals surface area (Å²) in [4.78, 5) is 25.7. The molecule has 1 amide bonds. The average molecular weight is 1290 g/mol. The minimum Gasteiger partial charge on any atom is -0.756 e. The highest BCUT2D eigenvalue weighted by Gasteiger charge is 2.23. The van der Waals surface area contributed by atoms with Gasteiger partial charge in [0.05, 0.1) is 39.9 Å². The van der Waals surface area contributed by atoms with Crippen LogP contribution in [0.1, 0.15) is 412 Å². The molecule has 0 bridgehead atoms. The van der Waals surface area contributed by atoms with E-state index in [-0.39, 0.29) is 19.1 Å². The zero-order valence-electron chi connectivity index (χ0n) is 61.1. The van der Waals surface area contributed by atoms with Crippen molar-refractivity contribution in [2.45, 2.75) is 424 Å². The van der Waals surface area contributed by atoms with Gasteiger partial charge in [-0.05, 0) is 64.2 Å². The maximum atomic E-state index is 13.1. The monoisotopic (exact) mass is 1290 g/mol. The van der Waals surface area contributed by atoms with Gasteiger partial charge < -0.3 is 28.8 Å². The Labute approximate surface area is 562 Å². The van der Waals surface area contributed by atoms with E-state index in [4.69, 9.17) is 9.05 Å². The van der Waals surface area contributed by atoms with Crippen LogP contribution in [0, 0.1) is 0 Å². The molecule has 0 spiro atoms. The number of carbonyl (C=O) groups is 1. The first-order valence-electron chi connectivity index (χ1n) is 40.0. The molecule has 8 nitrogen and oxygen atoms in total. The lowest BCUT2D eigenvalue weighted by Crippen LogP contribution is -2.45. The fourth-order valence-electron chi connectivity index (χ4n) is 12.3. The summed E-state index contributed by atoms with van der Waals surface area (Å²) in [5.74, 6) is -0.198. The Morgan fingerprint density at radius 1 is 0.389 bits per heavy atom. The SMILES string of the molecule is CCCCCCC/C=C\C/C=C\CCCCCCCCCCCCCCCCCCCCCCCCCCCCCC(=O)NC(COP(=O)([O-])OCC[N+](C)(C)C)C(O)/C=C/CC/C=C/CCCCCCCCCCCCCCCCCCCCCCCCC. The van der Waals surface area contributed by atoms with Crippen LogP contribution in [0.2, 0.25) is 0 Å². The summed E-state index contributed by atoms with van der Waals surface area (Å²) in [7, 11) is 1.26. The van der Waals surface area contributed by atoms with Crippen LogP contribution in [0.3, 0.4) is 0 Å². The van der Waals surface area contributed by atoms with Crippen molar-refractivity contribution in [1.82, 2.24) is 5.32 Å². The molecule has 0 radical (unpaired) electrons. The summed E-state index contributed by atoms with van der Waals surface area (Å²) in [5, 5.41) is 14.0. The normalized spacial score (nSPS) is 13.7. The van der Waals surface area contributed by atoms with Gasteiger partial charge in [-0.1, -0.05) is 390 Å². The smallest absolute Gasteiger partial charge is 0.268 e. The van der Waals surface area contributed by atoms with E-state index in [0.29, 0.717) is 17.4 Å². The van der Waals surface area contributed by atoms with Crippen molar-refractivity contribution in [3.05, 3.63) is 48.6 Å². The summed E-state index contributed by atoms with van der Waals surface area (Å²) in [6.07, 6.45) is 98.6. The number of nitrogens with one attached hydrogen (secondary N) is 1. The number of hydrogen-bond acceptors (Lipinski definition) is 6. The number of carbonyl (C=O) groups excluding carboxylic acids is 1. The van der Waals surface area contributed by atoms with Crippen molar-refractivity contribution in [2.75, 3.05) is 40.9 Å². The molecule has 2 N–H and O–H groups in total. The maximum Gasteiger partial charge on any atom is 0.268 e. The minimum absolute atomic E-state index is 0.00451. The van der Waals surface area contributed by atoms with Crippen molar-refractivity contribution in [3.8, 4) is 0 Å². The number of unbranched alkanes of at least 4 members (excludes halogenated alkanes) is 56. The first-order chi connectivity index (χ1) is 44.0. The van der Waals surface area contributed by atoms with Crippen LogP contribution < -0.4 is 10.2 Å². The van der Waals surface area contributed by atoms with Gasteiger partial charge >= 0.3 is 0 Å². The maximum absolute atomic E-state index is 13.1. The van der Waals surface area contributed by atoms with Crippen LogP contribution in [0.15, 0.2) is 48.6 Å². The Morgan fingerprint density at radius 2 is 0.656 bits per heavy atom. The standard InChI is InChI=1S/C81H157N2O6P/c1-6-8-10-12-14-16-18-20-22-24-26-28-30-32-34-36-37-38-39-40-41-42-43-44-45-47-49-51-53-55-57-59-61-63-65-67-69-71-73-75-81(85)82-79(78-89-90(86,87)88-77-76-83(3,4)5)80(84)74-72-70-68-66-64-62-60-58-56-54-52-50-48-46-35-33-31-29-27-25-23-21-19-17-15-13-11-9-7-2/h18,20,24,26,64,66,72,74,79-80,84H,6-17,19,21-23,25,27-63,65,67-71,73,75-78H2,1-5H3,(H-,82,85,86,87)/b20-18-,26-24-,66-64+,74-72+. The Hall–Kier alpha value is -1.54. The molecule has 9 heteroatoms. The number of aliphatic hydroxyl groups excluding tert-OH is 1. The first-order valence-corrected chi connectivity index (χ1v) is 41.5. The second-order valence-electron chi connectivity index (χ2n) is 28.8. The number of quaternary nitrogens is 1. The van der Waals surface area contributed by atoms with E-state index in [1.807, 2.05) is 27.2 Å². The molecule has 0 rings (SSSR count). The average Bonchev–Trinajstić information content (AvgIpc) is 3.72. The highest BCUT2D eigenvalue weighted by atomic mass is 31.2. The zero-order chi connectivity index (χ0) is 65.5. The Balaban J connectivity index is 3.95. The number of hydrogen-bond donors (Lipinski definition) is 2. The van der Waals surface area contributed by atoms with E-state index in [1.54, 1.807) is 6.08 Å². The number of rotatable bonds is 75. The fraction of sp³-hybridized carbons (Fsp3) is 0.889. The Bertz CT molecular complexity index is 1610. The number of amides is 1. The lowest BCUT2D eigenvalue weighted by molar-refractivity contribution is -0.870. The van der Waals surface area contributed by atoms with Gasteiger partial charge in [-0.25, -0.2) is 0 Å². The summed E-state index contributed by atoms with van der Waals surface area (Å²) in [6.45, 7) is 4.68. The van der Waals surface area contributed by atoms with E-state index in [2.05, 4.69) is 55.6 Å². The van der Waals surface area contributed by atoms with Gasteiger partial charge in [0, 0.05) is 6.42 Å². The van der Waals surface area contributed by atoms with E-state index < -0.39 is 20.0 Å². The fourth-order valence-corrected chi connectivity index (χ4v) is 13.0. The molecule has 0 fully saturated rings. The Kier molecular flexibility index (Phi) is 70.5.